The highest BCUT2D eigenvalue weighted by atomic mass is 16.2. The van der Waals surface area contributed by atoms with Gasteiger partial charge in [-0.1, -0.05) is 26.2 Å². The van der Waals surface area contributed by atoms with Crippen molar-refractivity contribution in [3.63, 3.8) is 0 Å². The molecule has 1 saturated carbocycles. The number of carbonyl (C=O) groups excluding carboxylic acids is 1. The highest BCUT2D eigenvalue weighted by Crippen LogP contribution is 2.26. The van der Waals surface area contributed by atoms with Gasteiger partial charge >= 0.3 is 0 Å². The molecule has 98 valence electrons. The highest BCUT2D eigenvalue weighted by molar-refractivity contribution is 5.83. The molecule has 3 nitrogen and oxygen atoms in total. The number of likely N-dealkylation sites (N-methyl/N-ethyl adjacent to an activating group) is 1. The van der Waals surface area contributed by atoms with E-state index in [1.807, 2.05) is 11.9 Å². The van der Waals surface area contributed by atoms with E-state index in [9.17, 15) is 4.79 Å². The molecule has 17 heavy (non-hydrogen) atoms. The predicted molar refractivity (Wildman–Crippen MR) is 69.8 cm³/mol. The first kappa shape index (κ1) is 12.9. The van der Waals surface area contributed by atoms with Gasteiger partial charge in [-0.3, -0.25) is 4.79 Å². The van der Waals surface area contributed by atoms with Crippen molar-refractivity contribution in [1.82, 2.24) is 10.2 Å². The molecule has 2 fully saturated rings. The van der Waals surface area contributed by atoms with Gasteiger partial charge in [0.05, 0.1) is 6.04 Å². The molecule has 3 heteroatoms. The average molecular weight is 238 g/mol. The summed E-state index contributed by atoms with van der Waals surface area (Å²) in [5.41, 5.74) is 0. The van der Waals surface area contributed by atoms with Crippen LogP contribution in [0.5, 0.6) is 0 Å². The predicted octanol–water partition coefficient (Wildman–Crippen LogP) is 2.17. The first-order chi connectivity index (χ1) is 8.20. The molecule has 1 heterocycles. The summed E-state index contributed by atoms with van der Waals surface area (Å²) < 4.78 is 0. The number of amides is 1. The van der Waals surface area contributed by atoms with Crippen molar-refractivity contribution in [2.24, 2.45) is 5.92 Å². The molecular weight excluding hydrogens is 212 g/mol. The van der Waals surface area contributed by atoms with E-state index in [2.05, 4.69) is 12.2 Å². The summed E-state index contributed by atoms with van der Waals surface area (Å²) in [6.45, 7) is 3.22. The fourth-order valence-corrected chi connectivity index (χ4v) is 3.21. The molecule has 1 N–H and O–H groups in total. The second-order valence-corrected chi connectivity index (χ2v) is 5.75. The van der Waals surface area contributed by atoms with Crippen LogP contribution in [0.2, 0.25) is 0 Å². The summed E-state index contributed by atoms with van der Waals surface area (Å²) >= 11 is 0. The topological polar surface area (TPSA) is 32.3 Å². The first-order valence-corrected chi connectivity index (χ1v) is 7.21. The van der Waals surface area contributed by atoms with Gasteiger partial charge in [0, 0.05) is 19.6 Å². The van der Waals surface area contributed by atoms with E-state index in [0.717, 1.165) is 18.9 Å². The number of hydrogen-bond donors (Lipinski definition) is 1. The summed E-state index contributed by atoms with van der Waals surface area (Å²) in [5, 5.41) is 3.59. The Balaban J connectivity index is 1.81. The zero-order chi connectivity index (χ0) is 12.3. The lowest BCUT2D eigenvalue weighted by molar-refractivity contribution is -0.128. The standard InChI is InChI=1S/C14H26N2O/c1-3-11-5-4-6-12(8-7-11)15-13-9-10-16(2)14(13)17/h11-13,15H,3-10H2,1-2H3. The third-order valence-electron chi connectivity index (χ3n) is 4.53. The average Bonchev–Trinajstić information content (AvgIpc) is 2.58. The number of carbonyl (C=O) groups is 1. The van der Waals surface area contributed by atoms with Crippen LogP contribution in [0.25, 0.3) is 0 Å². The Labute approximate surface area is 105 Å². The molecule has 1 amide bonds. The lowest BCUT2D eigenvalue weighted by Crippen LogP contribution is -2.42. The maximum absolute atomic E-state index is 11.8. The van der Waals surface area contributed by atoms with Crippen molar-refractivity contribution >= 4 is 5.91 Å². The third kappa shape index (κ3) is 3.21. The van der Waals surface area contributed by atoms with Crippen LogP contribution in [0.15, 0.2) is 0 Å². The third-order valence-corrected chi connectivity index (χ3v) is 4.53. The van der Waals surface area contributed by atoms with Crippen molar-refractivity contribution < 1.29 is 4.79 Å². The normalized spacial score (nSPS) is 35.1. The number of hydrogen-bond acceptors (Lipinski definition) is 2. The lowest BCUT2D eigenvalue weighted by Gasteiger charge is -2.20. The zero-order valence-electron chi connectivity index (χ0n) is 11.2. The fourth-order valence-electron chi connectivity index (χ4n) is 3.21. The molecular formula is C14H26N2O. The molecule has 0 bridgehead atoms. The minimum atomic E-state index is 0.100. The Kier molecular flexibility index (Phi) is 4.43. The van der Waals surface area contributed by atoms with Crippen LogP contribution in [0.3, 0.4) is 0 Å². The van der Waals surface area contributed by atoms with E-state index >= 15 is 0 Å². The minimum absolute atomic E-state index is 0.100. The Hall–Kier alpha value is -0.570. The minimum Gasteiger partial charge on any atom is -0.344 e. The van der Waals surface area contributed by atoms with Gasteiger partial charge < -0.3 is 10.2 Å². The molecule has 1 aliphatic carbocycles. The molecule has 3 atom stereocenters. The summed E-state index contributed by atoms with van der Waals surface area (Å²) in [7, 11) is 1.91. The molecule has 0 spiro atoms. The maximum Gasteiger partial charge on any atom is 0.239 e. The van der Waals surface area contributed by atoms with Crippen molar-refractivity contribution in [3.8, 4) is 0 Å². The zero-order valence-corrected chi connectivity index (χ0v) is 11.2. The fraction of sp³-hybridized carbons (Fsp3) is 0.929. The van der Waals surface area contributed by atoms with Crippen LogP contribution >= 0.6 is 0 Å². The molecule has 0 aromatic heterocycles. The molecule has 0 radical (unpaired) electrons. The lowest BCUT2D eigenvalue weighted by atomic mass is 9.97. The van der Waals surface area contributed by atoms with Gasteiger partial charge in [-0.05, 0) is 31.6 Å². The highest BCUT2D eigenvalue weighted by Gasteiger charge is 2.31. The number of nitrogens with one attached hydrogen (secondary N) is 1. The van der Waals surface area contributed by atoms with Crippen LogP contribution in [-0.2, 0) is 4.79 Å². The van der Waals surface area contributed by atoms with Crippen molar-refractivity contribution in [3.05, 3.63) is 0 Å². The van der Waals surface area contributed by atoms with Crippen molar-refractivity contribution in [1.29, 1.82) is 0 Å². The molecule has 0 aromatic rings. The van der Waals surface area contributed by atoms with Crippen LogP contribution in [-0.4, -0.2) is 36.5 Å². The molecule has 2 rings (SSSR count). The van der Waals surface area contributed by atoms with Crippen LogP contribution in [0.4, 0.5) is 0 Å². The smallest absolute Gasteiger partial charge is 0.239 e. The van der Waals surface area contributed by atoms with Gasteiger partial charge in [-0.25, -0.2) is 0 Å². The second kappa shape index (κ2) is 5.85. The molecule has 0 aromatic carbocycles. The van der Waals surface area contributed by atoms with Crippen LogP contribution in [0, 0.1) is 5.92 Å². The maximum atomic E-state index is 11.8. The Morgan fingerprint density at radius 1 is 1.24 bits per heavy atom. The largest absolute Gasteiger partial charge is 0.344 e. The summed E-state index contributed by atoms with van der Waals surface area (Å²) in [5.74, 6) is 1.21. The van der Waals surface area contributed by atoms with E-state index in [-0.39, 0.29) is 6.04 Å². The SMILES string of the molecule is CCC1CCCC(NC2CCN(C)C2=O)CC1. The van der Waals surface area contributed by atoms with E-state index in [4.69, 9.17) is 0 Å². The van der Waals surface area contributed by atoms with E-state index < -0.39 is 0 Å². The van der Waals surface area contributed by atoms with E-state index in [1.165, 1.54) is 38.5 Å². The summed E-state index contributed by atoms with van der Waals surface area (Å²) in [4.78, 5) is 13.7. The molecule has 3 unspecified atom stereocenters. The van der Waals surface area contributed by atoms with Crippen LogP contribution < -0.4 is 5.32 Å². The molecule has 2 aliphatic rings. The summed E-state index contributed by atoms with van der Waals surface area (Å²) in [6, 6.07) is 0.676. The van der Waals surface area contributed by atoms with Crippen LogP contribution in [0.1, 0.15) is 51.9 Å². The first-order valence-electron chi connectivity index (χ1n) is 7.21. The second-order valence-electron chi connectivity index (χ2n) is 5.75. The van der Waals surface area contributed by atoms with E-state index in [1.54, 1.807) is 0 Å². The molecule has 1 aliphatic heterocycles. The van der Waals surface area contributed by atoms with Gasteiger partial charge in [0.15, 0.2) is 0 Å². The number of likely N-dealkylation sites (tertiary alicyclic amines) is 1. The Bertz CT molecular complexity index is 267. The van der Waals surface area contributed by atoms with Crippen molar-refractivity contribution in [2.45, 2.75) is 64.0 Å². The van der Waals surface area contributed by atoms with Gasteiger partial charge in [0.1, 0.15) is 0 Å². The monoisotopic (exact) mass is 238 g/mol. The Morgan fingerprint density at radius 2 is 2.06 bits per heavy atom. The summed E-state index contributed by atoms with van der Waals surface area (Å²) in [6.07, 6.45) is 8.86. The van der Waals surface area contributed by atoms with E-state index in [0.29, 0.717) is 11.9 Å². The van der Waals surface area contributed by atoms with Crippen molar-refractivity contribution in [2.75, 3.05) is 13.6 Å². The van der Waals surface area contributed by atoms with Gasteiger partial charge in [-0.2, -0.15) is 0 Å². The molecule has 1 saturated heterocycles. The van der Waals surface area contributed by atoms with Gasteiger partial charge in [0.2, 0.25) is 5.91 Å². The quantitative estimate of drug-likeness (QED) is 0.764. The van der Waals surface area contributed by atoms with Gasteiger partial charge in [-0.15, -0.1) is 0 Å². The Morgan fingerprint density at radius 3 is 2.71 bits per heavy atom. The number of nitrogens with zero attached hydrogens (tertiary/aromatic N) is 1. The van der Waals surface area contributed by atoms with Gasteiger partial charge in [0.25, 0.3) is 0 Å². The number of rotatable bonds is 3.